The van der Waals surface area contributed by atoms with Gasteiger partial charge in [-0.15, -0.1) is 0 Å². The first-order valence-electron chi connectivity index (χ1n) is 10.4. The van der Waals surface area contributed by atoms with Crippen LogP contribution in [0.5, 0.6) is 0 Å². The van der Waals surface area contributed by atoms with Gasteiger partial charge in [0.25, 0.3) is 0 Å². The Bertz CT molecular complexity index is 739. The summed E-state index contributed by atoms with van der Waals surface area (Å²) in [7, 11) is 0. The van der Waals surface area contributed by atoms with Crippen LogP contribution in [0.2, 0.25) is 0 Å². The zero-order valence-electron chi connectivity index (χ0n) is 16.8. The van der Waals surface area contributed by atoms with Crippen molar-refractivity contribution in [2.45, 2.75) is 32.7 Å². The van der Waals surface area contributed by atoms with Crippen LogP contribution in [0.4, 0.5) is 0 Å². The first-order valence-corrected chi connectivity index (χ1v) is 10.4. The molecule has 28 heavy (non-hydrogen) atoms. The van der Waals surface area contributed by atoms with Crippen molar-refractivity contribution in [2.24, 2.45) is 10.9 Å². The third kappa shape index (κ3) is 6.46. The first kappa shape index (κ1) is 20.6. The van der Waals surface area contributed by atoms with Crippen LogP contribution in [0, 0.1) is 5.92 Å². The highest BCUT2D eigenvalue weighted by molar-refractivity contribution is 5.83. The second-order valence-corrected chi connectivity index (χ2v) is 7.09. The molecule has 0 radical (unpaired) electrons. The Balaban J connectivity index is 1.42. The predicted molar refractivity (Wildman–Crippen MR) is 114 cm³/mol. The topological polar surface area (TPSA) is 67.8 Å². The fraction of sp³-hybridized carbons (Fsp3) is 0.545. The lowest BCUT2D eigenvalue weighted by molar-refractivity contribution is 0.0203. The van der Waals surface area contributed by atoms with Gasteiger partial charge in [-0.3, -0.25) is 4.98 Å². The average Bonchev–Trinajstić information content (AvgIpc) is 2.75. The fourth-order valence-corrected chi connectivity index (χ4v) is 3.34. The molecule has 0 saturated carbocycles. The summed E-state index contributed by atoms with van der Waals surface area (Å²) in [5.74, 6) is 1.50. The lowest BCUT2D eigenvalue weighted by Crippen LogP contribution is -2.38. The minimum absolute atomic E-state index is 0.624. The average molecular weight is 385 g/mol. The summed E-state index contributed by atoms with van der Waals surface area (Å²) in [5, 5.41) is 7.87. The van der Waals surface area contributed by atoms with Gasteiger partial charge in [0.15, 0.2) is 5.96 Å². The number of aliphatic imine (C=N–C) groups is 1. The Morgan fingerprint density at radius 3 is 2.93 bits per heavy atom. The van der Waals surface area contributed by atoms with Crippen molar-refractivity contribution in [2.75, 3.05) is 39.5 Å². The van der Waals surface area contributed by atoms with E-state index in [9.17, 15) is 0 Å². The summed E-state index contributed by atoms with van der Waals surface area (Å²) in [5.41, 5.74) is 2.19. The Labute approximate surface area is 167 Å². The van der Waals surface area contributed by atoms with E-state index in [2.05, 4.69) is 28.6 Å². The second-order valence-electron chi connectivity index (χ2n) is 7.09. The summed E-state index contributed by atoms with van der Waals surface area (Å²) in [4.78, 5) is 9.15. The molecule has 0 aliphatic carbocycles. The van der Waals surface area contributed by atoms with E-state index in [1.54, 1.807) is 0 Å². The van der Waals surface area contributed by atoms with Crippen LogP contribution in [0.3, 0.4) is 0 Å². The molecule has 3 rings (SSSR count). The Morgan fingerprint density at radius 1 is 1.21 bits per heavy atom. The number of hydrogen-bond donors (Lipinski definition) is 2. The standard InChI is InChI=1S/C22H32N4O2/c1-2-23-22(25-11-5-13-28-17-18-9-14-27-15-10-18)26-16-19-8-12-24-21-7-4-3-6-20(19)21/h3-4,6-8,12,18H,2,5,9-11,13-17H2,1H3,(H2,23,25,26). The second kappa shape index (κ2) is 11.6. The zero-order valence-corrected chi connectivity index (χ0v) is 16.8. The molecule has 1 aliphatic heterocycles. The van der Waals surface area contributed by atoms with Gasteiger partial charge < -0.3 is 20.1 Å². The van der Waals surface area contributed by atoms with Crippen molar-refractivity contribution in [3.8, 4) is 0 Å². The third-order valence-electron chi connectivity index (χ3n) is 4.94. The van der Waals surface area contributed by atoms with Crippen LogP contribution in [-0.4, -0.2) is 50.5 Å². The maximum atomic E-state index is 5.83. The minimum atomic E-state index is 0.624. The number of benzene rings is 1. The molecule has 2 N–H and O–H groups in total. The number of ether oxygens (including phenoxy) is 2. The number of hydrogen-bond acceptors (Lipinski definition) is 4. The molecule has 1 aliphatic rings. The van der Waals surface area contributed by atoms with E-state index in [1.165, 1.54) is 5.56 Å². The van der Waals surface area contributed by atoms with Crippen molar-refractivity contribution < 1.29 is 9.47 Å². The molecule has 6 nitrogen and oxygen atoms in total. The molecule has 1 aromatic heterocycles. The monoisotopic (exact) mass is 384 g/mol. The lowest BCUT2D eigenvalue weighted by Gasteiger charge is -2.21. The molecule has 0 bridgehead atoms. The molecular formula is C22H32N4O2. The third-order valence-corrected chi connectivity index (χ3v) is 4.94. The van der Waals surface area contributed by atoms with Gasteiger partial charge in [-0.1, -0.05) is 18.2 Å². The van der Waals surface area contributed by atoms with Crippen molar-refractivity contribution in [3.63, 3.8) is 0 Å². The van der Waals surface area contributed by atoms with E-state index in [1.807, 2.05) is 30.5 Å². The molecule has 1 saturated heterocycles. The molecule has 0 amide bonds. The van der Waals surface area contributed by atoms with Gasteiger partial charge in [0.2, 0.25) is 0 Å². The summed E-state index contributed by atoms with van der Waals surface area (Å²) in [6.07, 6.45) is 5.06. The highest BCUT2D eigenvalue weighted by atomic mass is 16.5. The maximum absolute atomic E-state index is 5.83. The van der Waals surface area contributed by atoms with E-state index in [4.69, 9.17) is 14.5 Å². The fourth-order valence-electron chi connectivity index (χ4n) is 3.34. The van der Waals surface area contributed by atoms with Gasteiger partial charge in [0, 0.05) is 51.1 Å². The molecule has 0 unspecified atom stereocenters. The van der Waals surface area contributed by atoms with Crippen LogP contribution in [0.25, 0.3) is 10.9 Å². The Kier molecular flexibility index (Phi) is 8.53. The molecule has 0 spiro atoms. The number of aromatic nitrogens is 1. The summed E-state index contributed by atoms with van der Waals surface area (Å²) >= 11 is 0. The number of rotatable bonds is 9. The normalized spacial score (nSPS) is 15.7. The van der Waals surface area contributed by atoms with Crippen molar-refractivity contribution in [3.05, 3.63) is 42.1 Å². The molecule has 0 atom stereocenters. The first-order chi connectivity index (χ1) is 13.9. The summed E-state index contributed by atoms with van der Waals surface area (Å²) < 4.78 is 11.2. The van der Waals surface area contributed by atoms with E-state index < -0.39 is 0 Å². The summed E-state index contributed by atoms with van der Waals surface area (Å²) in [6.45, 7) is 7.77. The van der Waals surface area contributed by atoms with Crippen LogP contribution < -0.4 is 10.6 Å². The Morgan fingerprint density at radius 2 is 2.07 bits per heavy atom. The van der Waals surface area contributed by atoms with Gasteiger partial charge in [-0.05, 0) is 49.8 Å². The smallest absolute Gasteiger partial charge is 0.191 e. The molecule has 2 heterocycles. The van der Waals surface area contributed by atoms with Crippen LogP contribution >= 0.6 is 0 Å². The van der Waals surface area contributed by atoms with Crippen LogP contribution in [-0.2, 0) is 16.0 Å². The number of fused-ring (bicyclic) bond motifs is 1. The molecular weight excluding hydrogens is 352 g/mol. The van der Waals surface area contributed by atoms with Crippen molar-refractivity contribution in [1.82, 2.24) is 15.6 Å². The van der Waals surface area contributed by atoms with E-state index in [-0.39, 0.29) is 0 Å². The highest BCUT2D eigenvalue weighted by Crippen LogP contribution is 2.17. The number of nitrogens with zero attached hydrogens (tertiary/aromatic N) is 2. The highest BCUT2D eigenvalue weighted by Gasteiger charge is 2.13. The van der Waals surface area contributed by atoms with Gasteiger partial charge in [0.05, 0.1) is 12.1 Å². The molecule has 1 fully saturated rings. The zero-order chi connectivity index (χ0) is 19.4. The minimum Gasteiger partial charge on any atom is -0.381 e. The Hall–Kier alpha value is -2.18. The number of guanidine groups is 1. The molecule has 6 heteroatoms. The maximum Gasteiger partial charge on any atom is 0.191 e. The largest absolute Gasteiger partial charge is 0.381 e. The molecule has 1 aromatic carbocycles. The van der Waals surface area contributed by atoms with Crippen molar-refractivity contribution in [1.29, 1.82) is 0 Å². The van der Waals surface area contributed by atoms with Crippen LogP contribution in [0.15, 0.2) is 41.5 Å². The van der Waals surface area contributed by atoms with E-state index in [0.29, 0.717) is 12.5 Å². The van der Waals surface area contributed by atoms with Crippen molar-refractivity contribution >= 4 is 16.9 Å². The number of para-hydroxylation sites is 1. The summed E-state index contributed by atoms with van der Waals surface area (Å²) in [6, 6.07) is 10.2. The van der Waals surface area contributed by atoms with Crippen LogP contribution in [0.1, 0.15) is 31.7 Å². The van der Waals surface area contributed by atoms with Gasteiger partial charge >= 0.3 is 0 Å². The molecule has 2 aromatic rings. The molecule has 152 valence electrons. The van der Waals surface area contributed by atoms with Gasteiger partial charge in [-0.2, -0.15) is 0 Å². The van der Waals surface area contributed by atoms with E-state index in [0.717, 1.165) is 75.6 Å². The number of nitrogens with one attached hydrogen (secondary N) is 2. The predicted octanol–water partition coefficient (Wildman–Crippen LogP) is 3.12. The van der Waals surface area contributed by atoms with Gasteiger partial charge in [-0.25, -0.2) is 4.99 Å². The van der Waals surface area contributed by atoms with E-state index >= 15 is 0 Å². The quantitative estimate of drug-likeness (QED) is 0.395. The number of pyridine rings is 1. The van der Waals surface area contributed by atoms with Gasteiger partial charge in [0.1, 0.15) is 0 Å². The SMILES string of the molecule is CCNC(=NCc1ccnc2ccccc12)NCCCOCC1CCOCC1. The lowest BCUT2D eigenvalue weighted by atomic mass is 10.0.